The number of hydrogen-bond acceptors (Lipinski definition) is 3. The Morgan fingerprint density at radius 1 is 1.47 bits per heavy atom. The maximum Gasteiger partial charge on any atom is 0.0847 e. The lowest BCUT2D eigenvalue weighted by Gasteiger charge is -2.16. The average Bonchev–Trinajstić information content (AvgIpc) is 2.93. The summed E-state index contributed by atoms with van der Waals surface area (Å²) >= 11 is 14.2. The third-order valence-electron chi connectivity index (χ3n) is 3.16. The Hall–Kier alpha value is -0.550. The largest absolute Gasteiger partial charge is 0.312 e. The van der Waals surface area contributed by atoms with Crippen LogP contribution in [0.4, 0.5) is 0 Å². The number of likely N-dealkylation sites (N-methyl/N-ethyl adjacent to an activating group) is 1. The fourth-order valence-electron chi connectivity index (χ4n) is 2.14. The molecule has 19 heavy (non-hydrogen) atoms. The molecule has 0 aliphatic rings. The van der Waals surface area contributed by atoms with Gasteiger partial charge < -0.3 is 5.32 Å². The third-order valence-corrected chi connectivity index (χ3v) is 5.12. The van der Waals surface area contributed by atoms with E-state index in [1.54, 1.807) is 11.3 Å². The first-order chi connectivity index (χ1) is 9.08. The quantitative estimate of drug-likeness (QED) is 0.900. The normalized spacial score (nSPS) is 12.9. The van der Waals surface area contributed by atoms with E-state index in [1.807, 2.05) is 30.1 Å². The molecule has 0 amide bonds. The van der Waals surface area contributed by atoms with E-state index in [-0.39, 0.29) is 6.04 Å². The molecule has 2 heterocycles. The van der Waals surface area contributed by atoms with Crippen molar-refractivity contribution in [2.75, 3.05) is 7.05 Å². The highest BCUT2D eigenvalue weighted by molar-refractivity contribution is 7.10. The van der Waals surface area contributed by atoms with Crippen LogP contribution in [0, 0.1) is 6.92 Å². The minimum atomic E-state index is 0.159. The Morgan fingerprint density at radius 3 is 2.74 bits per heavy atom. The molecule has 0 fully saturated rings. The predicted molar refractivity (Wildman–Crippen MR) is 82.5 cm³/mol. The average molecular weight is 318 g/mol. The Labute approximate surface area is 127 Å². The molecule has 2 aromatic rings. The van der Waals surface area contributed by atoms with Crippen LogP contribution in [0.2, 0.25) is 10.0 Å². The number of hydrogen-bond donors (Lipinski definition) is 1. The highest BCUT2D eigenvalue weighted by atomic mass is 35.5. The number of thiophene rings is 1. The van der Waals surface area contributed by atoms with E-state index in [1.165, 1.54) is 0 Å². The molecule has 2 aromatic heterocycles. The van der Waals surface area contributed by atoms with Crippen LogP contribution in [0.25, 0.3) is 0 Å². The second kappa shape index (κ2) is 6.27. The second-order valence-electron chi connectivity index (χ2n) is 4.34. The van der Waals surface area contributed by atoms with Crippen molar-refractivity contribution in [1.29, 1.82) is 0 Å². The molecule has 0 saturated heterocycles. The van der Waals surface area contributed by atoms with Crippen molar-refractivity contribution in [3.63, 3.8) is 0 Å². The van der Waals surface area contributed by atoms with Gasteiger partial charge in [0, 0.05) is 23.9 Å². The van der Waals surface area contributed by atoms with Crippen molar-refractivity contribution in [2.45, 2.75) is 32.9 Å². The molecule has 104 valence electrons. The first-order valence-corrected chi connectivity index (χ1v) is 7.84. The molecule has 0 saturated carbocycles. The first-order valence-electron chi connectivity index (χ1n) is 6.20. The van der Waals surface area contributed by atoms with Crippen LogP contribution in [0.1, 0.15) is 29.2 Å². The smallest absolute Gasteiger partial charge is 0.0847 e. The van der Waals surface area contributed by atoms with Gasteiger partial charge in [-0.2, -0.15) is 5.10 Å². The highest BCUT2D eigenvalue weighted by Crippen LogP contribution is 2.32. The van der Waals surface area contributed by atoms with Gasteiger partial charge in [0.25, 0.3) is 0 Å². The zero-order chi connectivity index (χ0) is 14.0. The summed E-state index contributed by atoms with van der Waals surface area (Å²) in [4.78, 5) is 1.14. The molecule has 3 nitrogen and oxygen atoms in total. The van der Waals surface area contributed by atoms with E-state index in [0.29, 0.717) is 0 Å². The molecule has 0 aliphatic heterocycles. The number of rotatable bonds is 5. The molecule has 0 aliphatic carbocycles. The molecular weight excluding hydrogens is 301 g/mol. The Kier molecular flexibility index (Phi) is 4.90. The van der Waals surface area contributed by atoms with Gasteiger partial charge in [-0.15, -0.1) is 11.3 Å². The van der Waals surface area contributed by atoms with Gasteiger partial charge in [0.15, 0.2) is 0 Å². The molecule has 2 rings (SSSR count). The summed E-state index contributed by atoms with van der Waals surface area (Å²) in [5, 5.41) is 11.3. The van der Waals surface area contributed by atoms with Gasteiger partial charge in [0.2, 0.25) is 0 Å². The van der Waals surface area contributed by atoms with Crippen molar-refractivity contribution >= 4 is 34.5 Å². The summed E-state index contributed by atoms with van der Waals surface area (Å²) in [5.41, 5.74) is 1.94. The predicted octanol–water partition coefficient (Wildman–Crippen LogP) is 4.08. The summed E-state index contributed by atoms with van der Waals surface area (Å²) in [6.07, 6.45) is 0.782. The minimum absolute atomic E-state index is 0.159. The Balaban J connectivity index is 2.31. The SMILES string of the molecule is CCn1nc(C)c(Cl)c1CC(NC)c1sccc1Cl. The highest BCUT2D eigenvalue weighted by Gasteiger charge is 2.20. The molecule has 1 atom stereocenters. The van der Waals surface area contributed by atoms with Crippen molar-refractivity contribution in [3.8, 4) is 0 Å². The van der Waals surface area contributed by atoms with Crippen LogP contribution in [0.3, 0.4) is 0 Å². The fraction of sp³-hybridized carbons (Fsp3) is 0.462. The number of aryl methyl sites for hydroxylation is 2. The molecule has 0 radical (unpaired) electrons. The minimum Gasteiger partial charge on any atom is -0.312 e. The van der Waals surface area contributed by atoms with Crippen molar-refractivity contribution in [1.82, 2.24) is 15.1 Å². The molecule has 0 aromatic carbocycles. The van der Waals surface area contributed by atoms with E-state index in [0.717, 1.165) is 39.3 Å². The molecule has 1 unspecified atom stereocenters. The van der Waals surface area contributed by atoms with Crippen molar-refractivity contribution in [3.05, 3.63) is 37.8 Å². The lowest BCUT2D eigenvalue weighted by atomic mass is 10.1. The van der Waals surface area contributed by atoms with E-state index >= 15 is 0 Å². The Morgan fingerprint density at radius 2 is 2.21 bits per heavy atom. The molecular formula is C13H17Cl2N3S. The number of aromatic nitrogens is 2. The van der Waals surface area contributed by atoms with Gasteiger partial charge in [-0.1, -0.05) is 23.2 Å². The summed E-state index contributed by atoms with van der Waals surface area (Å²) in [5.74, 6) is 0. The van der Waals surface area contributed by atoms with Crippen LogP contribution < -0.4 is 5.32 Å². The third kappa shape index (κ3) is 2.97. The van der Waals surface area contributed by atoms with Crippen LogP contribution in [0.15, 0.2) is 11.4 Å². The zero-order valence-electron chi connectivity index (χ0n) is 11.2. The maximum absolute atomic E-state index is 6.35. The summed E-state index contributed by atoms with van der Waals surface area (Å²) in [6.45, 7) is 4.82. The summed E-state index contributed by atoms with van der Waals surface area (Å²) in [7, 11) is 1.94. The van der Waals surface area contributed by atoms with Gasteiger partial charge in [0.1, 0.15) is 0 Å². The van der Waals surface area contributed by atoms with Crippen LogP contribution in [-0.2, 0) is 13.0 Å². The van der Waals surface area contributed by atoms with E-state index < -0.39 is 0 Å². The van der Waals surface area contributed by atoms with Crippen LogP contribution in [0.5, 0.6) is 0 Å². The van der Waals surface area contributed by atoms with Crippen LogP contribution in [-0.4, -0.2) is 16.8 Å². The molecule has 1 N–H and O–H groups in total. The second-order valence-corrected chi connectivity index (χ2v) is 6.07. The van der Waals surface area contributed by atoms with Crippen LogP contribution >= 0.6 is 34.5 Å². The first kappa shape index (κ1) is 14.9. The van der Waals surface area contributed by atoms with Crippen molar-refractivity contribution in [2.24, 2.45) is 0 Å². The lowest BCUT2D eigenvalue weighted by Crippen LogP contribution is -2.20. The van der Waals surface area contributed by atoms with Gasteiger partial charge in [-0.05, 0) is 32.3 Å². The van der Waals surface area contributed by atoms with Gasteiger partial charge >= 0.3 is 0 Å². The maximum atomic E-state index is 6.35. The number of halogens is 2. The molecule has 0 spiro atoms. The van der Waals surface area contributed by atoms with E-state index in [2.05, 4.69) is 17.3 Å². The summed E-state index contributed by atoms with van der Waals surface area (Å²) < 4.78 is 1.96. The standard InChI is InChI=1S/C13H17Cl2N3S/c1-4-18-11(12(15)8(2)17-18)7-10(16-3)13-9(14)5-6-19-13/h5-6,10,16H,4,7H2,1-3H3. The molecule has 0 bridgehead atoms. The number of nitrogens with zero attached hydrogens (tertiary/aromatic N) is 2. The van der Waals surface area contributed by atoms with E-state index in [9.17, 15) is 0 Å². The van der Waals surface area contributed by atoms with E-state index in [4.69, 9.17) is 23.2 Å². The van der Waals surface area contributed by atoms with Gasteiger partial charge in [-0.25, -0.2) is 0 Å². The number of nitrogens with one attached hydrogen (secondary N) is 1. The van der Waals surface area contributed by atoms with Crippen molar-refractivity contribution < 1.29 is 0 Å². The fourth-order valence-corrected chi connectivity index (χ4v) is 3.65. The summed E-state index contributed by atoms with van der Waals surface area (Å²) in [6, 6.07) is 2.09. The monoisotopic (exact) mass is 317 g/mol. The Bertz CT molecular complexity index is 562. The van der Waals surface area contributed by atoms with Gasteiger partial charge in [-0.3, -0.25) is 4.68 Å². The lowest BCUT2D eigenvalue weighted by molar-refractivity contribution is 0.547. The zero-order valence-corrected chi connectivity index (χ0v) is 13.5. The topological polar surface area (TPSA) is 29.9 Å². The molecule has 6 heteroatoms. The van der Waals surface area contributed by atoms with Gasteiger partial charge in [0.05, 0.1) is 21.4 Å².